The van der Waals surface area contributed by atoms with Crippen molar-refractivity contribution in [1.29, 1.82) is 0 Å². The third-order valence-electron chi connectivity index (χ3n) is 3.50. The molecule has 2 rings (SSSR count). The first-order valence-electron chi connectivity index (χ1n) is 7.39. The van der Waals surface area contributed by atoms with E-state index >= 15 is 0 Å². The van der Waals surface area contributed by atoms with Gasteiger partial charge in [0.25, 0.3) is 0 Å². The standard InChI is InChI=1S/C19H20FNO2/c1-3-11-21(14-16-8-4-5-10-18(16)23-2)19(22)13-15-7-6-9-17(20)12-15/h3-10,12H,1,11,13-14H2,2H3. The number of para-hydroxylation sites is 1. The van der Waals surface area contributed by atoms with Crippen LogP contribution in [0.15, 0.2) is 61.2 Å². The number of ether oxygens (including phenoxy) is 1. The molecule has 23 heavy (non-hydrogen) atoms. The van der Waals surface area contributed by atoms with Gasteiger partial charge in [-0.15, -0.1) is 6.58 Å². The van der Waals surface area contributed by atoms with Crippen LogP contribution in [0.25, 0.3) is 0 Å². The smallest absolute Gasteiger partial charge is 0.227 e. The van der Waals surface area contributed by atoms with Crippen LogP contribution < -0.4 is 4.74 Å². The maximum atomic E-state index is 13.3. The van der Waals surface area contributed by atoms with E-state index in [9.17, 15) is 9.18 Å². The maximum Gasteiger partial charge on any atom is 0.227 e. The molecule has 0 bridgehead atoms. The predicted molar refractivity (Wildman–Crippen MR) is 88.7 cm³/mol. The van der Waals surface area contributed by atoms with E-state index in [0.717, 1.165) is 11.3 Å². The fraction of sp³-hybridized carbons (Fsp3) is 0.211. The van der Waals surface area contributed by atoms with Crippen molar-refractivity contribution in [3.63, 3.8) is 0 Å². The SMILES string of the molecule is C=CCN(Cc1ccccc1OC)C(=O)Cc1cccc(F)c1. The molecule has 0 spiro atoms. The number of amides is 1. The van der Waals surface area contributed by atoms with Gasteiger partial charge in [-0.05, 0) is 23.8 Å². The van der Waals surface area contributed by atoms with Gasteiger partial charge in [-0.3, -0.25) is 4.79 Å². The molecule has 0 N–H and O–H groups in total. The minimum Gasteiger partial charge on any atom is -0.496 e. The number of rotatable bonds is 7. The van der Waals surface area contributed by atoms with Crippen molar-refractivity contribution in [2.45, 2.75) is 13.0 Å². The van der Waals surface area contributed by atoms with Crippen LogP contribution in [0.4, 0.5) is 4.39 Å². The van der Waals surface area contributed by atoms with Crippen LogP contribution in [0.3, 0.4) is 0 Å². The average molecular weight is 313 g/mol. The van der Waals surface area contributed by atoms with E-state index in [4.69, 9.17) is 4.74 Å². The summed E-state index contributed by atoms with van der Waals surface area (Å²) < 4.78 is 18.6. The normalized spacial score (nSPS) is 10.2. The molecule has 0 radical (unpaired) electrons. The van der Waals surface area contributed by atoms with Gasteiger partial charge in [-0.2, -0.15) is 0 Å². The van der Waals surface area contributed by atoms with Crippen LogP contribution in [0.5, 0.6) is 5.75 Å². The van der Waals surface area contributed by atoms with E-state index in [0.29, 0.717) is 18.7 Å². The first-order valence-corrected chi connectivity index (χ1v) is 7.39. The van der Waals surface area contributed by atoms with Gasteiger partial charge in [0.1, 0.15) is 11.6 Å². The number of nitrogens with zero attached hydrogens (tertiary/aromatic N) is 1. The van der Waals surface area contributed by atoms with Gasteiger partial charge in [0.05, 0.1) is 13.5 Å². The summed E-state index contributed by atoms with van der Waals surface area (Å²) in [5.74, 6) is 0.317. The molecule has 0 unspecified atom stereocenters. The van der Waals surface area contributed by atoms with E-state index < -0.39 is 0 Å². The lowest BCUT2D eigenvalue weighted by Gasteiger charge is -2.22. The highest BCUT2D eigenvalue weighted by Crippen LogP contribution is 2.20. The quantitative estimate of drug-likeness (QED) is 0.731. The van der Waals surface area contributed by atoms with Crippen LogP contribution in [0.1, 0.15) is 11.1 Å². The minimum atomic E-state index is -0.338. The Bertz CT molecular complexity index is 685. The van der Waals surface area contributed by atoms with Crippen molar-refractivity contribution in [3.05, 3.63) is 78.1 Å². The first-order chi connectivity index (χ1) is 11.1. The number of methoxy groups -OCH3 is 1. The van der Waals surface area contributed by atoms with Gasteiger partial charge in [-0.1, -0.05) is 36.4 Å². The summed E-state index contributed by atoms with van der Waals surface area (Å²) in [6.45, 7) is 4.55. The number of carbonyl (C=O) groups is 1. The minimum absolute atomic E-state index is 0.0820. The van der Waals surface area contributed by atoms with Gasteiger partial charge in [-0.25, -0.2) is 4.39 Å². The Labute approximate surface area is 136 Å². The molecule has 1 amide bonds. The molecule has 0 saturated carbocycles. The number of halogens is 1. The van der Waals surface area contributed by atoms with Crippen molar-refractivity contribution in [3.8, 4) is 5.75 Å². The lowest BCUT2D eigenvalue weighted by molar-refractivity contribution is -0.130. The Kier molecular flexibility index (Phi) is 5.92. The Morgan fingerprint density at radius 2 is 2.04 bits per heavy atom. The second-order valence-corrected chi connectivity index (χ2v) is 5.18. The van der Waals surface area contributed by atoms with Crippen LogP contribution in [0, 0.1) is 5.82 Å². The lowest BCUT2D eigenvalue weighted by atomic mass is 10.1. The van der Waals surface area contributed by atoms with Gasteiger partial charge < -0.3 is 9.64 Å². The fourth-order valence-corrected chi connectivity index (χ4v) is 2.38. The summed E-state index contributed by atoms with van der Waals surface area (Å²) in [6, 6.07) is 13.7. The van der Waals surface area contributed by atoms with Gasteiger partial charge in [0, 0.05) is 18.7 Å². The third kappa shape index (κ3) is 4.68. The first kappa shape index (κ1) is 16.7. The van der Waals surface area contributed by atoms with E-state index in [-0.39, 0.29) is 18.1 Å². The molecule has 120 valence electrons. The van der Waals surface area contributed by atoms with Crippen molar-refractivity contribution in [2.24, 2.45) is 0 Å². The van der Waals surface area contributed by atoms with Crippen LogP contribution in [-0.2, 0) is 17.8 Å². The Hall–Kier alpha value is -2.62. The number of hydrogen-bond acceptors (Lipinski definition) is 2. The monoisotopic (exact) mass is 313 g/mol. The van der Waals surface area contributed by atoms with Gasteiger partial charge in [0.15, 0.2) is 0 Å². The molecule has 2 aromatic rings. The molecular formula is C19H20FNO2. The van der Waals surface area contributed by atoms with E-state index in [1.54, 1.807) is 30.2 Å². The second-order valence-electron chi connectivity index (χ2n) is 5.18. The van der Waals surface area contributed by atoms with Crippen molar-refractivity contribution in [1.82, 2.24) is 4.90 Å². The molecular weight excluding hydrogens is 293 g/mol. The second kappa shape index (κ2) is 8.13. The highest BCUT2D eigenvalue weighted by atomic mass is 19.1. The lowest BCUT2D eigenvalue weighted by Crippen LogP contribution is -2.32. The Morgan fingerprint density at radius 1 is 1.26 bits per heavy atom. The number of carbonyl (C=O) groups excluding carboxylic acids is 1. The molecule has 4 heteroatoms. The number of benzene rings is 2. The molecule has 0 saturated heterocycles. The fourth-order valence-electron chi connectivity index (χ4n) is 2.38. The highest BCUT2D eigenvalue weighted by Gasteiger charge is 2.15. The zero-order valence-corrected chi connectivity index (χ0v) is 13.2. The average Bonchev–Trinajstić information content (AvgIpc) is 2.55. The Balaban J connectivity index is 2.14. The zero-order chi connectivity index (χ0) is 16.7. The van der Waals surface area contributed by atoms with Crippen molar-refractivity contribution in [2.75, 3.05) is 13.7 Å². The van der Waals surface area contributed by atoms with E-state index in [1.807, 2.05) is 24.3 Å². The molecule has 2 aromatic carbocycles. The summed E-state index contributed by atoms with van der Waals surface area (Å²) in [6.07, 6.45) is 1.83. The van der Waals surface area contributed by atoms with Gasteiger partial charge >= 0.3 is 0 Å². The summed E-state index contributed by atoms with van der Waals surface area (Å²) in [4.78, 5) is 14.2. The summed E-state index contributed by atoms with van der Waals surface area (Å²) in [7, 11) is 1.60. The van der Waals surface area contributed by atoms with Crippen LogP contribution in [-0.4, -0.2) is 24.5 Å². The van der Waals surface area contributed by atoms with Crippen molar-refractivity contribution < 1.29 is 13.9 Å². The highest BCUT2D eigenvalue weighted by molar-refractivity contribution is 5.79. The summed E-state index contributed by atoms with van der Waals surface area (Å²) in [5, 5.41) is 0. The van der Waals surface area contributed by atoms with E-state index in [1.165, 1.54) is 12.1 Å². The third-order valence-corrected chi connectivity index (χ3v) is 3.50. The largest absolute Gasteiger partial charge is 0.496 e. The maximum absolute atomic E-state index is 13.3. The number of hydrogen-bond donors (Lipinski definition) is 0. The topological polar surface area (TPSA) is 29.5 Å². The van der Waals surface area contributed by atoms with E-state index in [2.05, 4.69) is 6.58 Å². The molecule has 3 nitrogen and oxygen atoms in total. The van der Waals surface area contributed by atoms with Gasteiger partial charge in [0.2, 0.25) is 5.91 Å². The molecule has 0 heterocycles. The zero-order valence-electron chi connectivity index (χ0n) is 13.2. The molecule has 0 fully saturated rings. The summed E-state index contributed by atoms with van der Waals surface area (Å²) in [5.41, 5.74) is 1.58. The summed E-state index contributed by atoms with van der Waals surface area (Å²) >= 11 is 0. The Morgan fingerprint density at radius 3 is 2.74 bits per heavy atom. The molecule has 0 aliphatic heterocycles. The molecule has 0 aromatic heterocycles. The predicted octanol–water partition coefficient (Wildman–Crippen LogP) is 3.59. The molecule has 0 aliphatic rings. The van der Waals surface area contributed by atoms with Crippen LogP contribution >= 0.6 is 0 Å². The molecule has 0 atom stereocenters. The van der Waals surface area contributed by atoms with Crippen molar-refractivity contribution >= 4 is 5.91 Å². The van der Waals surface area contributed by atoms with Crippen LogP contribution in [0.2, 0.25) is 0 Å². The molecule has 0 aliphatic carbocycles.